The van der Waals surface area contributed by atoms with Gasteiger partial charge >= 0.3 is 6.09 Å². The van der Waals surface area contributed by atoms with E-state index in [0.29, 0.717) is 32.7 Å². The van der Waals surface area contributed by atoms with Gasteiger partial charge in [-0.1, -0.05) is 38.7 Å². The van der Waals surface area contributed by atoms with E-state index in [4.69, 9.17) is 18.9 Å². The molecule has 0 spiro atoms. The van der Waals surface area contributed by atoms with E-state index in [0.717, 1.165) is 29.7 Å². The van der Waals surface area contributed by atoms with Gasteiger partial charge in [-0.3, -0.25) is 0 Å². The quantitative estimate of drug-likeness (QED) is 0.385. The van der Waals surface area contributed by atoms with Gasteiger partial charge in [0.05, 0.1) is 32.0 Å². The number of unbranched alkanes of at least 4 members (excludes halogenated alkanes) is 4. The predicted molar refractivity (Wildman–Crippen MR) is 133 cm³/mol. The molecule has 1 aliphatic heterocycles. The molecule has 1 aromatic rings. The molecule has 0 unspecified atom stereocenters. The monoisotopic (exact) mass is 479 g/mol. The van der Waals surface area contributed by atoms with Gasteiger partial charge in [-0.05, 0) is 71.6 Å². The smallest absolute Gasteiger partial charge is 0.408 e. The summed E-state index contributed by atoms with van der Waals surface area (Å²) in [5.41, 5.74) is 0.528. The Morgan fingerprint density at radius 2 is 1.79 bits per heavy atom. The Kier molecular flexibility index (Phi) is 10.7. The van der Waals surface area contributed by atoms with Crippen molar-refractivity contribution in [3.05, 3.63) is 29.3 Å². The normalized spacial score (nSPS) is 17.3. The Morgan fingerprint density at radius 1 is 1.12 bits per heavy atom. The largest absolute Gasteiger partial charge is 0.493 e. The number of carbonyl (C=O) groups is 1. The molecule has 1 fully saturated rings. The molecule has 0 radical (unpaired) electrons. The lowest BCUT2D eigenvalue weighted by Crippen LogP contribution is -2.61. The van der Waals surface area contributed by atoms with Crippen molar-refractivity contribution in [2.45, 2.75) is 110 Å². The van der Waals surface area contributed by atoms with E-state index in [-0.39, 0.29) is 6.61 Å². The number of hydrogen-bond acceptors (Lipinski definition) is 6. The van der Waals surface area contributed by atoms with Crippen LogP contribution in [0.1, 0.15) is 91.2 Å². The molecule has 0 aliphatic carbocycles. The third kappa shape index (κ3) is 9.80. The molecule has 2 rings (SSSR count). The number of aliphatic hydroxyl groups excluding tert-OH is 1. The average Bonchev–Trinajstić information content (AvgIpc) is 2.76. The van der Waals surface area contributed by atoms with Crippen molar-refractivity contribution in [3.8, 4) is 5.75 Å². The summed E-state index contributed by atoms with van der Waals surface area (Å²) < 4.78 is 23.2. The summed E-state index contributed by atoms with van der Waals surface area (Å²) in [6.07, 6.45) is 6.68. The maximum absolute atomic E-state index is 12.5. The first-order valence-corrected chi connectivity index (χ1v) is 12.6. The number of alkyl carbamates (subject to hydrolysis) is 1. The van der Waals surface area contributed by atoms with Crippen LogP contribution in [0, 0.1) is 0 Å². The summed E-state index contributed by atoms with van der Waals surface area (Å²) in [7, 11) is 0. The van der Waals surface area contributed by atoms with Crippen molar-refractivity contribution in [2.24, 2.45) is 0 Å². The van der Waals surface area contributed by atoms with E-state index in [9.17, 15) is 9.90 Å². The first-order chi connectivity index (χ1) is 16.0. The van der Waals surface area contributed by atoms with Crippen molar-refractivity contribution < 1.29 is 28.8 Å². The summed E-state index contributed by atoms with van der Waals surface area (Å²) in [6.45, 7) is 12.7. The zero-order valence-electron chi connectivity index (χ0n) is 22.0. The third-order valence-corrected chi connectivity index (χ3v) is 5.85. The number of rotatable bonds is 12. The second-order valence-electron chi connectivity index (χ2n) is 10.7. The Balaban J connectivity index is 2.01. The molecule has 0 bridgehead atoms. The first-order valence-electron chi connectivity index (χ1n) is 12.6. The highest BCUT2D eigenvalue weighted by atomic mass is 16.7. The van der Waals surface area contributed by atoms with Crippen LogP contribution in [0.4, 0.5) is 4.79 Å². The SMILES string of the molecule is CCCCCCCOc1ccc(CCC2(NC(=O)OC(C)(C)C)COC(C)(C)OC2)cc1CO. The van der Waals surface area contributed by atoms with Crippen LogP contribution in [0.5, 0.6) is 5.75 Å². The second kappa shape index (κ2) is 12.8. The van der Waals surface area contributed by atoms with Crippen molar-refractivity contribution in [2.75, 3.05) is 19.8 Å². The lowest BCUT2D eigenvalue weighted by Gasteiger charge is -2.44. The fourth-order valence-corrected chi connectivity index (χ4v) is 3.83. The van der Waals surface area contributed by atoms with E-state index in [1.165, 1.54) is 19.3 Å². The Hall–Kier alpha value is -1.83. The zero-order chi connectivity index (χ0) is 25.2. The molecule has 0 aromatic heterocycles. The minimum atomic E-state index is -0.703. The standard InChI is InChI=1S/C27H45NO6/c1-7-8-9-10-11-16-31-23-13-12-21(17-22(23)18-29)14-15-27(19-32-26(5,6)33-20-27)28-24(30)34-25(2,3)4/h12-13,17,29H,7-11,14-16,18-20H2,1-6H3,(H,28,30). The highest BCUT2D eigenvalue weighted by Crippen LogP contribution is 2.29. The van der Waals surface area contributed by atoms with Crippen molar-refractivity contribution in [3.63, 3.8) is 0 Å². The fraction of sp³-hybridized carbons (Fsp3) is 0.741. The number of aliphatic hydroxyl groups is 1. The van der Waals surface area contributed by atoms with E-state index in [1.54, 1.807) is 0 Å². The fourth-order valence-electron chi connectivity index (χ4n) is 3.83. The van der Waals surface area contributed by atoms with Crippen molar-refractivity contribution >= 4 is 6.09 Å². The van der Waals surface area contributed by atoms with Crippen molar-refractivity contribution in [1.29, 1.82) is 0 Å². The average molecular weight is 480 g/mol. The van der Waals surface area contributed by atoms with Crippen LogP contribution in [0.15, 0.2) is 18.2 Å². The first kappa shape index (κ1) is 28.4. The van der Waals surface area contributed by atoms with E-state index < -0.39 is 23.0 Å². The summed E-state index contributed by atoms with van der Waals surface area (Å²) in [5, 5.41) is 12.9. The number of hydrogen-bond donors (Lipinski definition) is 2. The second-order valence-corrected chi connectivity index (χ2v) is 10.7. The molecule has 34 heavy (non-hydrogen) atoms. The molecule has 0 atom stereocenters. The molecule has 1 aliphatic rings. The number of carbonyl (C=O) groups excluding carboxylic acids is 1. The molecule has 1 saturated heterocycles. The molecule has 194 valence electrons. The van der Waals surface area contributed by atoms with E-state index in [1.807, 2.05) is 52.8 Å². The molecule has 1 aromatic carbocycles. The molecule has 2 N–H and O–H groups in total. The number of benzene rings is 1. The summed E-state index contributed by atoms with van der Waals surface area (Å²) in [5.74, 6) is 0.0352. The summed E-state index contributed by atoms with van der Waals surface area (Å²) >= 11 is 0. The van der Waals surface area contributed by atoms with Crippen LogP contribution >= 0.6 is 0 Å². The maximum Gasteiger partial charge on any atom is 0.408 e. The highest BCUT2D eigenvalue weighted by Gasteiger charge is 2.42. The topological polar surface area (TPSA) is 86.3 Å². The van der Waals surface area contributed by atoms with E-state index >= 15 is 0 Å². The predicted octanol–water partition coefficient (Wildman–Crippen LogP) is 5.51. The Labute approximate surface area is 205 Å². The molecule has 1 heterocycles. The van der Waals surface area contributed by atoms with Gasteiger partial charge in [0.15, 0.2) is 5.79 Å². The number of aryl methyl sites for hydroxylation is 1. The van der Waals surface area contributed by atoms with E-state index in [2.05, 4.69) is 12.2 Å². The lowest BCUT2D eigenvalue weighted by molar-refractivity contribution is -0.271. The van der Waals surface area contributed by atoms with Gasteiger partial charge in [0.25, 0.3) is 0 Å². The molecular weight excluding hydrogens is 434 g/mol. The number of amides is 1. The Morgan fingerprint density at radius 3 is 2.41 bits per heavy atom. The minimum absolute atomic E-state index is 0.0826. The molecule has 7 heteroatoms. The summed E-state index contributed by atoms with van der Waals surface area (Å²) in [4.78, 5) is 12.5. The Bertz CT molecular complexity index is 761. The van der Waals surface area contributed by atoms with Gasteiger partial charge < -0.3 is 29.4 Å². The molecule has 7 nitrogen and oxygen atoms in total. The number of ether oxygens (including phenoxy) is 4. The van der Waals surface area contributed by atoms with Gasteiger partial charge in [-0.2, -0.15) is 0 Å². The van der Waals surface area contributed by atoms with Gasteiger partial charge in [0.1, 0.15) is 11.4 Å². The van der Waals surface area contributed by atoms with Crippen LogP contribution in [0.25, 0.3) is 0 Å². The third-order valence-electron chi connectivity index (χ3n) is 5.85. The van der Waals surface area contributed by atoms with Gasteiger partial charge in [-0.25, -0.2) is 4.79 Å². The highest BCUT2D eigenvalue weighted by molar-refractivity contribution is 5.69. The van der Waals surface area contributed by atoms with Crippen LogP contribution in [-0.4, -0.2) is 47.9 Å². The lowest BCUT2D eigenvalue weighted by atomic mass is 9.91. The zero-order valence-corrected chi connectivity index (χ0v) is 22.0. The maximum atomic E-state index is 12.5. The van der Waals surface area contributed by atoms with Crippen LogP contribution < -0.4 is 10.1 Å². The number of nitrogens with one attached hydrogen (secondary N) is 1. The van der Waals surface area contributed by atoms with Gasteiger partial charge in [0, 0.05) is 5.56 Å². The van der Waals surface area contributed by atoms with Gasteiger partial charge in [0.2, 0.25) is 0 Å². The van der Waals surface area contributed by atoms with Crippen LogP contribution in [-0.2, 0) is 27.2 Å². The van der Waals surface area contributed by atoms with Crippen molar-refractivity contribution in [1.82, 2.24) is 5.32 Å². The molecule has 1 amide bonds. The summed E-state index contributed by atoms with van der Waals surface area (Å²) in [6, 6.07) is 5.92. The van der Waals surface area contributed by atoms with Gasteiger partial charge in [-0.15, -0.1) is 0 Å². The van der Waals surface area contributed by atoms with Crippen LogP contribution in [0.2, 0.25) is 0 Å². The van der Waals surface area contributed by atoms with Crippen LogP contribution in [0.3, 0.4) is 0 Å². The minimum Gasteiger partial charge on any atom is -0.493 e. The molecule has 0 saturated carbocycles. The molecular formula is C27H45NO6.